The van der Waals surface area contributed by atoms with Crippen LogP contribution in [0.4, 0.5) is 5.69 Å². The van der Waals surface area contributed by atoms with Gasteiger partial charge in [-0.05, 0) is 30.5 Å². The second-order valence-electron chi connectivity index (χ2n) is 5.21. The summed E-state index contributed by atoms with van der Waals surface area (Å²) in [7, 11) is 3.50. The van der Waals surface area contributed by atoms with E-state index in [4.69, 9.17) is 0 Å². The van der Waals surface area contributed by atoms with Crippen molar-refractivity contribution in [1.82, 2.24) is 5.32 Å². The van der Waals surface area contributed by atoms with E-state index in [1.54, 1.807) is 7.05 Å². The minimum absolute atomic E-state index is 0.0658. The van der Waals surface area contributed by atoms with Crippen LogP contribution in [0.5, 0.6) is 0 Å². The van der Waals surface area contributed by atoms with Crippen molar-refractivity contribution in [3.63, 3.8) is 0 Å². The summed E-state index contributed by atoms with van der Waals surface area (Å²) in [5, 5.41) is 2.65. The number of carbonyl (C=O) groups is 2. The second-order valence-corrected chi connectivity index (χ2v) is 5.21. The lowest BCUT2D eigenvalue weighted by atomic mass is 10.1. The summed E-state index contributed by atoms with van der Waals surface area (Å²) in [5.74, 6) is -0.0658. The Morgan fingerprint density at radius 3 is 2.04 bits per heavy atom. The van der Waals surface area contributed by atoms with E-state index in [-0.39, 0.29) is 11.9 Å². The van der Waals surface area contributed by atoms with Crippen LogP contribution in [0.2, 0.25) is 0 Å². The van der Waals surface area contributed by atoms with Gasteiger partial charge in [-0.2, -0.15) is 0 Å². The van der Waals surface area contributed by atoms with Crippen molar-refractivity contribution in [3.8, 4) is 0 Å². The molecule has 1 rings (SSSR count). The first kappa shape index (κ1) is 24.4. The van der Waals surface area contributed by atoms with E-state index >= 15 is 0 Å². The summed E-state index contributed by atoms with van der Waals surface area (Å²) in [5.41, 5.74) is 2.25. The maximum Gasteiger partial charge on any atom is 0.242 e. The molecule has 0 spiro atoms. The van der Waals surface area contributed by atoms with Crippen molar-refractivity contribution in [2.75, 3.05) is 19.0 Å². The normalized spacial score (nSPS) is 10.3. The van der Waals surface area contributed by atoms with Crippen LogP contribution in [0, 0.1) is 0 Å². The lowest BCUT2D eigenvalue weighted by Crippen LogP contribution is -2.44. The third-order valence-corrected chi connectivity index (χ3v) is 3.33. The predicted molar refractivity (Wildman–Crippen MR) is 105 cm³/mol. The number of aryl methyl sites for hydroxylation is 1. The molecule has 0 heterocycles. The van der Waals surface area contributed by atoms with Crippen LogP contribution in [-0.2, 0) is 16.0 Å². The van der Waals surface area contributed by atoms with Gasteiger partial charge in [-0.1, -0.05) is 53.2 Å². The van der Waals surface area contributed by atoms with Gasteiger partial charge in [0.1, 0.15) is 12.3 Å². The summed E-state index contributed by atoms with van der Waals surface area (Å²) in [6.07, 6.45) is 4.00. The molecule has 0 saturated heterocycles. The zero-order valence-electron chi connectivity index (χ0n) is 16.6. The second kappa shape index (κ2) is 16.0. The van der Waals surface area contributed by atoms with Gasteiger partial charge in [-0.15, -0.1) is 0 Å². The average molecular weight is 337 g/mol. The molecule has 0 radical (unpaired) electrons. The standard InChI is InChI=1S/C15H22N2O2.C3H8.C2H6/c1-4-12-7-9-13(10-8-12)17(3)14(6-5-11-18)15(19)16-2;1-3-2;1-2/h7-11,14H,4-6H2,1-3H3,(H,16,19);3H2,1-2H3;1-2H3. The number of amides is 1. The Morgan fingerprint density at radius 2 is 1.67 bits per heavy atom. The van der Waals surface area contributed by atoms with E-state index in [1.165, 1.54) is 12.0 Å². The molecule has 0 aliphatic carbocycles. The van der Waals surface area contributed by atoms with Gasteiger partial charge >= 0.3 is 0 Å². The summed E-state index contributed by atoms with van der Waals surface area (Å²) in [6.45, 7) is 10.4. The van der Waals surface area contributed by atoms with E-state index in [2.05, 4.69) is 38.2 Å². The highest BCUT2D eigenvalue weighted by atomic mass is 16.2. The molecule has 1 N–H and O–H groups in total. The van der Waals surface area contributed by atoms with Crippen LogP contribution in [-0.4, -0.2) is 32.3 Å². The number of likely N-dealkylation sites (N-methyl/N-ethyl adjacent to an activating group) is 2. The van der Waals surface area contributed by atoms with Crippen LogP contribution in [0.25, 0.3) is 0 Å². The van der Waals surface area contributed by atoms with Crippen LogP contribution in [0.1, 0.15) is 59.4 Å². The van der Waals surface area contributed by atoms with Crippen LogP contribution < -0.4 is 10.2 Å². The smallest absolute Gasteiger partial charge is 0.242 e. The molecule has 0 fully saturated rings. The van der Waals surface area contributed by atoms with Gasteiger partial charge in [-0.25, -0.2) is 0 Å². The molecular weight excluding hydrogens is 300 g/mol. The van der Waals surface area contributed by atoms with Gasteiger partial charge < -0.3 is 15.0 Å². The summed E-state index contributed by atoms with van der Waals surface area (Å²) in [4.78, 5) is 24.3. The third kappa shape index (κ3) is 9.33. The fourth-order valence-corrected chi connectivity index (χ4v) is 2.04. The maximum absolute atomic E-state index is 11.9. The van der Waals surface area contributed by atoms with Crippen LogP contribution in [0.3, 0.4) is 0 Å². The quantitative estimate of drug-likeness (QED) is 0.758. The van der Waals surface area contributed by atoms with Crippen LogP contribution >= 0.6 is 0 Å². The number of hydrogen-bond acceptors (Lipinski definition) is 3. The van der Waals surface area contributed by atoms with E-state index in [9.17, 15) is 9.59 Å². The number of rotatable bonds is 7. The van der Waals surface area contributed by atoms with Crippen LogP contribution in [0.15, 0.2) is 24.3 Å². The van der Waals surface area contributed by atoms with E-state index in [0.29, 0.717) is 12.8 Å². The topological polar surface area (TPSA) is 49.4 Å². The molecule has 24 heavy (non-hydrogen) atoms. The molecule has 0 saturated carbocycles. The van der Waals surface area contributed by atoms with Crippen molar-refractivity contribution < 1.29 is 9.59 Å². The Balaban J connectivity index is 0. The Labute approximate surface area is 148 Å². The molecule has 138 valence electrons. The average Bonchev–Trinajstić information content (AvgIpc) is 2.64. The summed E-state index contributed by atoms with van der Waals surface area (Å²) in [6, 6.07) is 7.83. The van der Waals surface area contributed by atoms with Gasteiger partial charge in [0.25, 0.3) is 0 Å². The minimum Gasteiger partial charge on any atom is -0.363 e. The lowest BCUT2D eigenvalue weighted by Gasteiger charge is -2.28. The number of aldehydes is 1. The molecule has 1 aromatic carbocycles. The highest BCUT2D eigenvalue weighted by molar-refractivity contribution is 5.85. The first-order chi connectivity index (χ1) is 11.5. The first-order valence-corrected chi connectivity index (χ1v) is 9.02. The molecule has 1 unspecified atom stereocenters. The third-order valence-electron chi connectivity index (χ3n) is 3.33. The lowest BCUT2D eigenvalue weighted by molar-refractivity contribution is -0.122. The zero-order chi connectivity index (χ0) is 19.0. The van der Waals surface area contributed by atoms with Gasteiger partial charge in [0.15, 0.2) is 0 Å². The number of anilines is 1. The summed E-state index contributed by atoms with van der Waals surface area (Å²) >= 11 is 0. The SMILES string of the molecule is CC.CCC.CCc1ccc(N(C)C(CCC=O)C(=O)NC)cc1. The van der Waals surface area contributed by atoms with Gasteiger partial charge in [0.2, 0.25) is 5.91 Å². The largest absolute Gasteiger partial charge is 0.363 e. The highest BCUT2D eigenvalue weighted by Crippen LogP contribution is 2.18. The van der Waals surface area contributed by atoms with Crippen molar-refractivity contribution in [1.29, 1.82) is 0 Å². The molecule has 1 amide bonds. The molecule has 0 aliphatic rings. The fourth-order valence-electron chi connectivity index (χ4n) is 2.04. The fraction of sp³-hybridized carbons (Fsp3) is 0.600. The minimum atomic E-state index is -0.317. The zero-order valence-corrected chi connectivity index (χ0v) is 16.6. The Hall–Kier alpha value is -1.84. The Morgan fingerprint density at radius 1 is 1.17 bits per heavy atom. The predicted octanol–water partition coefficient (Wildman–Crippen LogP) is 4.22. The molecule has 4 nitrogen and oxygen atoms in total. The van der Waals surface area contributed by atoms with Crippen molar-refractivity contribution >= 4 is 17.9 Å². The number of benzene rings is 1. The number of carbonyl (C=O) groups excluding carboxylic acids is 2. The first-order valence-electron chi connectivity index (χ1n) is 9.02. The number of hydrogen-bond donors (Lipinski definition) is 1. The van der Waals surface area contributed by atoms with Crippen molar-refractivity contribution in [2.45, 2.75) is 66.3 Å². The molecule has 0 aromatic heterocycles. The molecule has 0 bridgehead atoms. The van der Waals surface area contributed by atoms with Gasteiger partial charge in [-0.3, -0.25) is 4.79 Å². The number of nitrogens with zero attached hydrogens (tertiary/aromatic N) is 1. The molecule has 1 aromatic rings. The monoisotopic (exact) mass is 336 g/mol. The van der Waals surface area contributed by atoms with Gasteiger partial charge in [0.05, 0.1) is 0 Å². The van der Waals surface area contributed by atoms with E-state index < -0.39 is 0 Å². The Kier molecular flexibility index (Phi) is 16.3. The van der Waals surface area contributed by atoms with E-state index in [1.807, 2.05) is 37.9 Å². The highest BCUT2D eigenvalue weighted by Gasteiger charge is 2.21. The molecule has 1 atom stereocenters. The Bertz CT molecular complexity index is 430. The van der Waals surface area contributed by atoms with Gasteiger partial charge in [0, 0.05) is 26.2 Å². The molecule has 4 heteroatoms. The number of nitrogens with one attached hydrogen (secondary N) is 1. The maximum atomic E-state index is 11.9. The van der Waals surface area contributed by atoms with E-state index in [0.717, 1.165) is 18.4 Å². The van der Waals surface area contributed by atoms with Crippen molar-refractivity contribution in [2.24, 2.45) is 0 Å². The molecule has 0 aliphatic heterocycles. The van der Waals surface area contributed by atoms with Crippen molar-refractivity contribution in [3.05, 3.63) is 29.8 Å². The molecular formula is C20H36N2O2. The summed E-state index contributed by atoms with van der Waals surface area (Å²) < 4.78 is 0.